The molecule has 4 fully saturated rings. The summed E-state index contributed by atoms with van der Waals surface area (Å²) in [7, 11) is 0. The molecule has 1 spiro atoms. The van der Waals surface area contributed by atoms with E-state index < -0.39 is 27.8 Å². The van der Waals surface area contributed by atoms with Crippen LogP contribution in [0.2, 0.25) is 0 Å². The van der Waals surface area contributed by atoms with Crippen molar-refractivity contribution in [2.45, 2.75) is 53.9 Å². The fraction of sp³-hybridized carbons (Fsp3) is 0.800. The van der Waals surface area contributed by atoms with Gasteiger partial charge in [0.1, 0.15) is 5.78 Å². The number of Topliss-reactive ketones (excluding diaryl/α,β-unsaturated/α-hetero) is 4. The van der Waals surface area contributed by atoms with Crippen molar-refractivity contribution in [1.29, 1.82) is 0 Å². The van der Waals surface area contributed by atoms with Gasteiger partial charge in [-0.15, -0.1) is 0 Å². The average Bonchev–Trinajstić information content (AvgIpc) is 2.95. The number of ketones is 4. The summed E-state index contributed by atoms with van der Waals surface area (Å²) in [5.41, 5.74) is -3.16. The third-order valence-electron chi connectivity index (χ3n) is 8.16. The SMILES string of the molecule is CC1CCC2C(C)CC3C4C(C)(C)C(=O)C(=O)C4(C)C(=O)C23C1=O. The Morgan fingerprint density at radius 3 is 2.12 bits per heavy atom. The number of hydrogen-bond acceptors (Lipinski definition) is 4. The molecule has 0 amide bonds. The lowest BCUT2D eigenvalue weighted by molar-refractivity contribution is -0.155. The molecule has 4 aliphatic carbocycles. The van der Waals surface area contributed by atoms with Gasteiger partial charge in [0.15, 0.2) is 5.78 Å². The van der Waals surface area contributed by atoms with E-state index in [2.05, 4.69) is 6.92 Å². The van der Waals surface area contributed by atoms with Gasteiger partial charge >= 0.3 is 0 Å². The van der Waals surface area contributed by atoms with Crippen molar-refractivity contribution in [2.24, 2.45) is 45.8 Å². The fourth-order valence-corrected chi connectivity index (χ4v) is 7.28. The van der Waals surface area contributed by atoms with Crippen molar-refractivity contribution >= 4 is 23.1 Å². The van der Waals surface area contributed by atoms with Gasteiger partial charge < -0.3 is 0 Å². The van der Waals surface area contributed by atoms with Crippen molar-refractivity contribution in [3.63, 3.8) is 0 Å². The Bertz CT molecular complexity index is 704. The molecule has 0 radical (unpaired) electrons. The van der Waals surface area contributed by atoms with Crippen molar-refractivity contribution in [3.05, 3.63) is 0 Å². The number of rotatable bonds is 0. The molecule has 24 heavy (non-hydrogen) atoms. The van der Waals surface area contributed by atoms with Crippen molar-refractivity contribution in [3.8, 4) is 0 Å². The van der Waals surface area contributed by atoms with Crippen LogP contribution >= 0.6 is 0 Å². The average molecular weight is 330 g/mol. The quantitative estimate of drug-likeness (QED) is 0.506. The van der Waals surface area contributed by atoms with E-state index in [1.165, 1.54) is 0 Å². The summed E-state index contributed by atoms with van der Waals surface area (Å²) in [4.78, 5) is 52.4. The Balaban J connectivity index is 1.99. The van der Waals surface area contributed by atoms with Gasteiger partial charge in [0.05, 0.1) is 10.8 Å². The fourth-order valence-electron chi connectivity index (χ4n) is 7.28. The molecule has 0 aromatic heterocycles. The van der Waals surface area contributed by atoms with Crippen molar-refractivity contribution in [2.75, 3.05) is 0 Å². The third-order valence-corrected chi connectivity index (χ3v) is 8.16. The summed E-state index contributed by atoms with van der Waals surface area (Å²) in [6.45, 7) is 9.28. The van der Waals surface area contributed by atoms with E-state index in [4.69, 9.17) is 0 Å². The minimum atomic E-state index is -1.30. The van der Waals surface area contributed by atoms with Crippen LogP contribution in [-0.4, -0.2) is 23.1 Å². The molecule has 0 aromatic carbocycles. The Morgan fingerprint density at radius 1 is 0.875 bits per heavy atom. The van der Waals surface area contributed by atoms with Crippen LogP contribution in [0.1, 0.15) is 53.9 Å². The largest absolute Gasteiger partial charge is 0.298 e. The monoisotopic (exact) mass is 330 g/mol. The molecule has 0 aliphatic heterocycles. The predicted molar refractivity (Wildman–Crippen MR) is 87.0 cm³/mol. The minimum absolute atomic E-state index is 0.0415. The molecule has 4 aliphatic rings. The second-order valence-electron chi connectivity index (χ2n) is 9.53. The predicted octanol–water partition coefficient (Wildman–Crippen LogP) is 2.63. The van der Waals surface area contributed by atoms with Crippen LogP contribution < -0.4 is 0 Å². The molecule has 0 heterocycles. The van der Waals surface area contributed by atoms with Crippen LogP contribution in [0.3, 0.4) is 0 Å². The standard InChI is InChI=1S/C20H26O4/c1-9-6-7-11-10(2)8-12-13-18(3,4)15(22)16(23)19(13,5)17(24)20(11,12)14(9)21/h9-13H,6-8H2,1-5H3. The van der Waals surface area contributed by atoms with Crippen LogP contribution in [0.4, 0.5) is 0 Å². The second kappa shape index (κ2) is 4.25. The van der Waals surface area contributed by atoms with Gasteiger partial charge in [-0.05, 0) is 49.9 Å². The lowest BCUT2D eigenvalue weighted by Crippen LogP contribution is -2.53. The summed E-state index contributed by atoms with van der Waals surface area (Å²) in [6.07, 6.45) is 2.48. The maximum atomic E-state index is 13.7. The zero-order valence-corrected chi connectivity index (χ0v) is 15.1. The summed E-state index contributed by atoms with van der Waals surface area (Å²) in [5, 5.41) is 0. The van der Waals surface area contributed by atoms with E-state index in [1.807, 2.05) is 6.92 Å². The van der Waals surface area contributed by atoms with Gasteiger partial charge in [-0.25, -0.2) is 0 Å². The first-order valence-corrected chi connectivity index (χ1v) is 9.21. The lowest BCUT2D eigenvalue weighted by atomic mass is 9.58. The molecule has 7 unspecified atom stereocenters. The first-order chi connectivity index (χ1) is 11.0. The van der Waals surface area contributed by atoms with Gasteiger partial charge in [0.25, 0.3) is 0 Å². The van der Waals surface area contributed by atoms with Crippen molar-refractivity contribution in [1.82, 2.24) is 0 Å². The molecule has 7 atom stereocenters. The summed E-state index contributed by atoms with van der Waals surface area (Å²) in [5.74, 6) is -1.44. The molecule has 130 valence electrons. The number of fused-ring (bicyclic) bond motifs is 2. The number of carbonyl (C=O) groups excluding carboxylic acids is 4. The summed E-state index contributed by atoms with van der Waals surface area (Å²) in [6, 6.07) is 0. The molecule has 0 bridgehead atoms. The highest BCUT2D eigenvalue weighted by atomic mass is 16.2. The highest BCUT2D eigenvalue weighted by Gasteiger charge is 2.82. The molecule has 4 saturated carbocycles. The summed E-state index contributed by atoms with van der Waals surface area (Å²) >= 11 is 0. The van der Waals surface area contributed by atoms with Crippen molar-refractivity contribution < 1.29 is 19.2 Å². The first-order valence-electron chi connectivity index (χ1n) is 9.21. The maximum Gasteiger partial charge on any atom is 0.212 e. The van der Waals surface area contributed by atoms with E-state index in [0.717, 1.165) is 19.3 Å². The normalized spacial score (nSPS) is 52.5. The zero-order chi connectivity index (χ0) is 17.8. The topological polar surface area (TPSA) is 68.3 Å². The third kappa shape index (κ3) is 1.33. The zero-order valence-electron chi connectivity index (χ0n) is 15.1. The molecule has 4 heteroatoms. The molecule has 4 nitrogen and oxygen atoms in total. The van der Waals surface area contributed by atoms with Crippen LogP contribution in [0.5, 0.6) is 0 Å². The Labute approximate surface area is 142 Å². The van der Waals surface area contributed by atoms with Crippen LogP contribution in [0, 0.1) is 45.8 Å². The van der Waals surface area contributed by atoms with Gasteiger partial charge in [-0.2, -0.15) is 0 Å². The van der Waals surface area contributed by atoms with Crippen LogP contribution in [0.25, 0.3) is 0 Å². The first kappa shape index (κ1) is 16.2. The highest BCUT2D eigenvalue weighted by molar-refractivity contribution is 6.49. The number of carbonyl (C=O) groups is 4. The van der Waals surface area contributed by atoms with E-state index in [-0.39, 0.29) is 35.2 Å². The molecule has 0 N–H and O–H groups in total. The molecular weight excluding hydrogens is 304 g/mol. The molecule has 0 saturated heterocycles. The van der Waals surface area contributed by atoms with Gasteiger partial charge in [-0.3, -0.25) is 19.2 Å². The van der Waals surface area contributed by atoms with Gasteiger partial charge in [0, 0.05) is 11.3 Å². The van der Waals surface area contributed by atoms with Gasteiger partial charge in [-0.1, -0.05) is 27.7 Å². The Kier molecular flexibility index (Phi) is 2.87. The van der Waals surface area contributed by atoms with E-state index >= 15 is 0 Å². The van der Waals surface area contributed by atoms with E-state index in [9.17, 15) is 19.2 Å². The van der Waals surface area contributed by atoms with Gasteiger partial charge in [0.2, 0.25) is 11.6 Å². The number of hydrogen-bond donors (Lipinski definition) is 0. The summed E-state index contributed by atoms with van der Waals surface area (Å²) < 4.78 is 0. The second-order valence-corrected chi connectivity index (χ2v) is 9.53. The molecule has 4 rings (SSSR count). The minimum Gasteiger partial charge on any atom is -0.298 e. The Hall–Kier alpha value is -1.32. The highest BCUT2D eigenvalue weighted by Crippen LogP contribution is 2.73. The van der Waals surface area contributed by atoms with Crippen LogP contribution in [0.15, 0.2) is 0 Å². The van der Waals surface area contributed by atoms with E-state index in [0.29, 0.717) is 5.92 Å². The smallest absolute Gasteiger partial charge is 0.212 e. The van der Waals surface area contributed by atoms with Crippen LogP contribution in [-0.2, 0) is 19.2 Å². The maximum absolute atomic E-state index is 13.7. The Morgan fingerprint density at radius 2 is 1.50 bits per heavy atom. The molecular formula is C20H26O4. The van der Waals surface area contributed by atoms with E-state index in [1.54, 1.807) is 20.8 Å². The lowest BCUT2D eigenvalue weighted by Gasteiger charge is -2.42. The molecule has 0 aromatic rings.